The van der Waals surface area contributed by atoms with Gasteiger partial charge in [0.2, 0.25) is 0 Å². The maximum atomic E-state index is 9.33. The van der Waals surface area contributed by atoms with Crippen LogP contribution in [0.2, 0.25) is 0 Å². The van der Waals surface area contributed by atoms with Crippen LogP contribution in [0.1, 0.15) is 0 Å². The van der Waals surface area contributed by atoms with E-state index >= 15 is 0 Å². The van der Waals surface area contributed by atoms with Gasteiger partial charge in [-0.05, 0) is 23.7 Å². The molecule has 0 unspecified atom stereocenters. The molecule has 3 aromatic rings. The number of fused-ring (bicyclic) bond motifs is 1. The summed E-state index contributed by atoms with van der Waals surface area (Å²) in [6, 6.07) is 10.6. The number of methoxy groups -OCH3 is 2. The van der Waals surface area contributed by atoms with E-state index in [0.29, 0.717) is 22.5 Å². The van der Waals surface area contributed by atoms with E-state index in [-0.39, 0.29) is 0 Å². The Bertz CT molecular complexity index is 904. The fourth-order valence-electron chi connectivity index (χ4n) is 2.68. The van der Waals surface area contributed by atoms with Gasteiger partial charge in [-0.1, -0.05) is 12.1 Å². The zero-order valence-corrected chi connectivity index (χ0v) is 14.2. The highest BCUT2D eigenvalue weighted by atomic mass is 16.5. The van der Waals surface area contributed by atoms with Crippen LogP contribution in [0.3, 0.4) is 0 Å². The molecule has 25 heavy (non-hydrogen) atoms. The fraction of sp³-hybridized carbons (Fsp3) is 0.176. The highest BCUT2D eigenvalue weighted by molar-refractivity contribution is 6.58. The predicted molar refractivity (Wildman–Crippen MR) is 97.0 cm³/mol. The molecule has 128 valence electrons. The van der Waals surface area contributed by atoms with Gasteiger partial charge in [-0.2, -0.15) is 10.2 Å². The average Bonchev–Trinajstić information content (AvgIpc) is 2.65. The van der Waals surface area contributed by atoms with Gasteiger partial charge in [-0.3, -0.25) is 0 Å². The molecule has 0 bridgehead atoms. The molecule has 3 rings (SSSR count). The van der Waals surface area contributed by atoms with Gasteiger partial charge in [0.15, 0.2) is 0 Å². The number of hydrogen-bond acceptors (Lipinski definition) is 7. The zero-order chi connectivity index (χ0) is 18.0. The van der Waals surface area contributed by atoms with Crippen molar-refractivity contribution in [1.29, 1.82) is 0 Å². The minimum absolute atomic E-state index is 0.364. The van der Waals surface area contributed by atoms with Gasteiger partial charge in [-0.25, -0.2) is 0 Å². The lowest BCUT2D eigenvalue weighted by molar-refractivity contribution is 0.395. The molecule has 0 atom stereocenters. The first-order valence-electron chi connectivity index (χ1n) is 7.62. The molecule has 0 aliphatic rings. The SMILES string of the molecule is COc1ccc(N(C)c2cnnc3cc(B(O)O)ccc23)c(OC)c1. The van der Waals surface area contributed by atoms with E-state index in [4.69, 9.17) is 9.47 Å². The first-order valence-corrected chi connectivity index (χ1v) is 7.62. The molecule has 8 heteroatoms. The van der Waals surface area contributed by atoms with E-state index in [9.17, 15) is 10.0 Å². The summed E-state index contributed by atoms with van der Waals surface area (Å²) in [4.78, 5) is 1.93. The molecule has 1 heterocycles. The molecule has 0 aliphatic heterocycles. The molecular formula is C17H18BN3O4. The zero-order valence-electron chi connectivity index (χ0n) is 14.2. The van der Waals surface area contributed by atoms with Crippen molar-refractivity contribution in [2.24, 2.45) is 0 Å². The maximum absolute atomic E-state index is 9.33. The Morgan fingerprint density at radius 2 is 1.80 bits per heavy atom. The molecule has 0 spiro atoms. The Balaban J connectivity index is 2.10. The predicted octanol–water partition coefficient (Wildman–Crippen LogP) is 1.09. The number of ether oxygens (including phenoxy) is 2. The Kier molecular flexibility index (Phi) is 4.73. The van der Waals surface area contributed by atoms with Crippen LogP contribution in [0, 0.1) is 0 Å². The Hall–Kier alpha value is -2.84. The summed E-state index contributed by atoms with van der Waals surface area (Å²) in [5.74, 6) is 1.36. The molecule has 0 radical (unpaired) electrons. The van der Waals surface area contributed by atoms with Crippen LogP contribution >= 0.6 is 0 Å². The molecule has 0 fully saturated rings. The van der Waals surface area contributed by atoms with E-state index in [1.54, 1.807) is 38.6 Å². The summed E-state index contributed by atoms with van der Waals surface area (Å²) in [5, 5.41) is 27.6. The van der Waals surface area contributed by atoms with E-state index in [1.807, 2.05) is 30.1 Å². The van der Waals surface area contributed by atoms with Crippen LogP contribution in [0.5, 0.6) is 11.5 Å². The number of aromatic nitrogens is 2. The normalized spacial score (nSPS) is 10.6. The molecule has 0 amide bonds. The fourth-order valence-corrected chi connectivity index (χ4v) is 2.68. The second kappa shape index (κ2) is 6.96. The smallest absolute Gasteiger partial charge is 0.488 e. The highest BCUT2D eigenvalue weighted by Crippen LogP contribution is 2.37. The largest absolute Gasteiger partial charge is 0.497 e. The standard InChI is InChI=1S/C17H18BN3O4/c1-21(15-7-5-12(24-2)9-17(15)25-3)16-10-19-20-14-8-11(18(22)23)4-6-13(14)16/h4-10,22-23H,1-3H3. The molecule has 0 saturated heterocycles. The van der Waals surface area contributed by atoms with Crippen molar-refractivity contribution in [3.8, 4) is 11.5 Å². The summed E-state index contributed by atoms with van der Waals surface area (Å²) in [7, 11) is 3.56. The van der Waals surface area contributed by atoms with E-state index in [1.165, 1.54) is 0 Å². The van der Waals surface area contributed by atoms with Crippen molar-refractivity contribution in [3.63, 3.8) is 0 Å². The van der Waals surface area contributed by atoms with Crippen molar-refractivity contribution < 1.29 is 19.5 Å². The summed E-state index contributed by atoms with van der Waals surface area (Å²) >= 11 is 0. The molecular weight excluding hydrogens is 321 g/mol. The maximum Gasteiger partial charge on any atom is 0.488 e. The Labute approximate surface area is 145 Å². The van der Waals surface area contributed by atoms with E-state index in [0.717, 1.165) is 16.8 Å². The molecule has 7 nitrogen and oxygen atoms in total. The van der Waals surface area contributed by atoms with Crippen LogP contribution in [-0.2, 0) is 0 Å². The Morgan fingerprint density at radius 1 is 1.00 bits per heavy atom. The number of benzene rings is 2. The monoisotopic (exact) mass is 339 g/mol. The molecule has 1 aromatic heterocycles. The Morgan fingerprint density at radius 3 is 2.48 bits per heavy atom. The molecule has 2 aromatic carbocycles. The third-order valence-electron chi connectivity index (χ3n) is 4.05. The lowest BCUT2D eigenvalue weighted by atomic mass is 9.80. The van der Waals surface area contributed by atoms with Crippen LogP contribution in [0.4, 0.5) is 11.4 Å². The molecule has 0 saturated carbocycles. The summed E-state index contributed by atoms with van der Waals surface area (Å²) < 4.78 is 10.7. The minimum atomic E-state index is -1.55. The van der Waals surface area contributed by atoms with Gasteiger partial charge < -0.3 is 24.4 Å². The van der Waals surface area contributed by atoms with E-state index in [2.05, 4.69) is 10.2 Å². The van der Waals surface area contributed by atoms with Gasteiger partial charge in [0, 0.05) is 18.5 Å². The van der Waals surface area contributed by atoms with Gasteiger partial charge >= 0.3 is 7.12 Å². The topological polar surface area (TPSA) is 87.9 Å². The minimum Gasteiger partial charge on any atom is -0.497 e. The second-order valence-electron chi connectivity index (χ2n) is 5.48. The lowest BCUT2D eigenvalue weighted by Crippen LogP contribution is -2.29. The van der Waals surface area contributed by atoms with Crippen molar-refractivity contribution in [2.75, 3.05) is 26.2 Å². The summed E-state index contributed by atoms with van der Waals surface area (Å²) in [6.07, 6.45) is 1.65. The lowest BCUT2D eigenvalue weighted by Gasteiger charge is -2.23. The van der Waals surface area contributed by atoms with Gasteiger partial charge in [0.05, 0.1) is 37.3 Å². The van der Waals surface area contributed by atoms with Crippen LogP contribution in [-0.4, -0.2) is 48.6 Å². The summed E-state index contributed by atoms with van der Waals surface area (Å²) in [6.45, 7) is 0. The second-order valence-corrected chi connectivity index (χ2v) is 5.48. The third kappa shape index (κ3) is 3.22. The number of hydrogen-bond donors (Lipinski definition) is 2. The van der Waals surface area contributed by atoms with Crippen molar-refractivity contribution in [2.45, 2.75) is 0 Å². The van der Waals surface area contributed by atoms with Crippen LogP contribution < -0.4 is 19.8 Å². The highest BCUT2D eigenvalue weighted by Gasteiger charge is 2.17. The van der Waals surface area contributed by atoms with Gasteiger partial charge in [-0.15, -0.1) is 0 Å². The van der Waals surface area contributed by atoms with Gasteiger partial charge in [0.25, 0.3) is 0 Å². The summed E-state index contributed by atoms with van der Waals surface area (Å²) in [5.41, 5.74) is 2.59. The first-order chi connectivity index (χ1) is 12.0. The number of rotatable bonds is 5. The van der Waals surface area contributed by atoms with Gasteiger partial charge in [0.1, 0.15) is 11.5 Å². The van der Waals surface area contributed by atoms with Crippen LogP contribution in [0.25, 0.3) is 10.9 Å². The van der Waals surface area contributed by atoms with Crippen LogP contribution in [0.15, 0.2) is 42.6 Å². The third-order valence-corrected chi connectivity index (χ3v) is 4.05. The molecule has 0 aliphatic carbocycles. The quantitative estimate of drug-likeness (QED) is 0.673. The number of anilines is 2. The van der Waals surface area contributed by atoms with Crippen molar-refractivity contribution in [3.05, 3.63) is 42.6 Å². The van der Waals surface area contributed by atoms with E-state index < -0.39 is 7.12 Å². The van der Waals surface area contributed by atoms with Crippen molar-refractivity contribution >= 4 is 34.9 Å². The average molecular weight is 339 g/mol. The number of nitrogens with zero attached hydrogens (tertiary/aromatic N) is 3. The molecule has 2 N–H and O–H groups in total. The first kappa shape index (κ1) is 17.0. The van der Waals surface area contributed by atoms with Crippen molar-refractivity contribution in [1.82, 2.24) is 10.2 Å².